The van der Waals surface area contributed by atoms with E-state index < -0.39 is 6.10 Å². The number of rotatable bonds is 6. The van der Waals surface area contributed by atoms with Crippen LogP contribution in [0.25, 0.3) is 0 Å². The molecule has 1 heterocycles. The standard InChI is InChI=1S/C18H26ClNO3/c1-3-4-16-11-14(9-10-23-16)18(22)20-12(2)17(21)13-5-7-15(19)8-6-13/h5-8,12,14,16-17,21H,3-4,9-11H2,1-2H3,(H,20,22). The van der Waals surface area contributed by atoms with Crippen molar-refractivity contribution >= 4 is 17.5 Å². The van der Waals surface area contributed by atoms with Crippen molar-refractivity contribution in [2.75, 3.05) is 6.61 Å². The Kier molecular flexibility index (Phi) is 6.88. The molecule has 4 unspecified atom stereocenters. The molecule has 0 spiro atoms. The van der Waals surface area contributed by atoms with Crippen LogP contribution in [0.4, 0.5) is 0 Å². The lowest BCUT2D eigenvalue weighted by molar-refractivity contribution is -0.131. The second-order valence-corrected chi connectivity index (χ2v) is 6.73. The second-order valence-electron chi connectivity index (χ2n) is 6.30. The molecule has 0 saturated carbocycles. The summed E-state index contributed by atoms with van der Waals surface area (Å²) >= 11 is 5.86. The van der Waals surface area contributed by atoms with Crippen LogP contribution in [0.2, 0.25) is 5.02 Å². The molecular weight excluding hydrogens is 314 g/mol. The number of hydrogen-bond donors (Lipinski definition) is 2. The summed E-state index contributed by atoms with van der Waals surface area (Å²) in [6, 6.07) is 6.68. The van der Waals surface area contributed by atoms with Gasteiger partial charge in [0.15, 0.2) is 0 Å². The molecular formula is C18H26ClNO3. The third-order valence-corrected chi connectivity index (χ3v) is 4.66. The van der Waals surface area contributed by atoms with Gasteiger partial charge in [0.1, 0.15) is 0 Å². The van der Waals surface area contributed by atoms with Gasteiger partial charge >= 0.3 is 0 Å². The minimum atomic E-state index is -0.748. The summed E-state index contributed by atoms with van der Waals surface area (Å²) in [6.45, 7) is 4.58. The van der Waals surface area contributed by atoms with Gasteiger partial charge in [-0.1, -0.05) is 37.1 Å². The monoisotopic (exact) mass is 339 g/mol. The van der Waals surface area contributed by atoms with E-state index in [1.807, 2.05) is 6.92 Å². The predicted octanol–water partition coefficient (Wildman–Crippen LogP) is 3.47. The van der Waals surface area contributed by atoms with Gasteiger partial charge in [-0.3, -0.25) is 4.79 Å². The van der Waals surface area contributed by atoms with Gasteiger partial charge in [0, 0.05) is 17.5 Å². The van der Waals surface area contributed by atoms with E-state index in [4.69, 9.17) is 16.3 Å². The zero-order chi connectivity index (χ0) is 16.8. The SMILES string of the molecule is CCCC1CC(C(=O)NC(C)C(O)c2ccc(Cl)cc2)CCO1. The zero-order valence-corrected chi connectivity index (χ0v) is 14.6. The zero-order valence-electron chi connectivity index (χ0n) is 13.8. The fraction of sp³-hybridized carbons (Fsp3) is 0.611. The van der Waals surface area contributed by atoms with Crippen LogP contribution in [0.3, 0.4) is 0 Å². The summed E-state index contributed by atoms with van der Waals surface area (Å²) in [5.41, 5.74) is 0.748. The lowest BCUT2D eigenvalue weighted by atomic mass is 9.92. The molecule has 4 nitrogen and oxygen atoms in total. The Morgan fingerprint density at radius 3 is 2.78 bits per heavy atom. The molecule has 5 heteroatoms. The predicted molar refractivity (Wildman–Crippen MR) is 91.4 cm³/mol. The highest BCUT2D eigenvalue weighted by Gasteiger charge is 2.29. The number of aliphatic hydroxyl groups excluding tert-OH is 1. The van der Waals surface area contributed by atoms with Gasteiger partial charge in [-0.2, -0.15) is 0 Å². The van der Waals surface area contributed by atoms with Crippen molar-refractivity contribution in [2.45, 2.75) is 57.8 Å². The summed E-state index contributed by atoms with van der Waals surface area (Å²) in [5, 5.41) is 14.0. The largest absolute Gasteiger partial charge is 0.386 e. The first-order valence-electron chi connectivity index (χ1n) is 8.36. The Labute approximate surface area is 143 Å². The fourth-order valence-corrected chi connectivity index (χ4v) is 3.14. The molecule has 1 fully saturated rings. The van der Waals surface area contributed by atoms with Crippen LogP contribution >= 0.6 is 11.6 Å². The van der Waals surface area contributed by atoms with E-state index in [0.717, 1.165) is 31.2 Å². The van der Waals surface area contributed by atoms with Crippen molar-refractivity contribution in [3.05, 3.63) is 34.9 Å². The van der Waals surface area contributed by atoms with Crippen LogP contribution < -0.4 is 5.32 Å². The molecule has 0 aromatic heterocycles. The van der Waals surface area contributed by atoms with Crippen molar-refractivity contribution in [3.63, 3.8) is 0 Å². The fourth-order valence-electron chi connectivity index (χ4n) is 3.01. The molecule has 23 heavy (non-hydrogen) atoms. The normalized spacial score (nSPS) is 24.0. The number of halogens is 1. The third-order valence-electron chi connectivity index (χ3n) is 4.40. The molecule has 1 aliphatic rings. The van der Waals surface area contributed by atoms with Crippen LogP contribution in [-0.4, -0.2) is 29.8 Å². The topological polar surface area (TPSA) is 58.6 Å². The number of aliphatic hydroxyl groups is 1. The number of carbonyl (C=O) groups excluding carboxylic acids is 1. The summed E-state index contributed by atoms with van der Waals surface area (Å²) in [5.74, 6) is -0.0184. The number of amides is 1. The molecule has 1 aromatic rings. The van der Waals surface area contributed by atoms with Crippen molar-refractivity contribution < 1.29 is 14.6 Å². The quantitative estimate of drug-likeness (QED) is 0.834. The van der Waals surface area contributed by atoms with E-state index in [9.17, 15) is 9.90 Å². The van der Waals surface area contributed by atoms with E-state index in [-0.39, 0.29) is 24.0 Å². The van der Waals surface area contributed by atoms with Crippen LogP contribution in [-0.2, 0) is 9.53 Å². The minimum Gasteiger partial charge on any atom is -0.386 e. The molecule has 0 bridgehead atoms. The summed E-state index contributed by atoms with van der Waals surface area (Å²) in [6.07, 6.45) is 3.00. The van der Waals surface area contributed by atoms with Crippen LogP contribution in [0.5, 0.6) is 0 Å². The third kappa shape index (κ3) is 5.20. The Balaban J connectivity index is 1.89. The van der Waals surface area contributed by atoms with E-state index in [1.54, 1.807) is 24.3 Å². The van der Waals surface area contributed by atoms with Crippen molar-refractivity contribution in [3.8, 4) is 0 Å². The maximum absolute atomic E-state index is 12.4. The van der Waals surface area contributed by atoms with Gasteiger partial charge in [0.25, 0.3) is 0 Å². The molecule has 2 N–H and O–H groups in total. The highest BCUT2D eigenvalue weighted by molar-refractivity contribution is 6.30. The summed E-state index contributed by atoms with van der Waals surface area (Å²) < 4.78 is 5.69. The number of nitrogens with one attached hydrogen (secondary N) is 1. The first-order chi connectivity index (χ1) is 11.0. The average Bonchev–Trinajstić information content (AvgIpc) is 2.55. The van der Waals surface area contributed by atoms with Crippen molar-refractivity contribution in [2.24, 2.45) is 5.92 Å². The first-order valence-corrected chi connectivity index (χ1v) is 8.74. The van der Waals surface area contributed by atoms with E-state index >= 15 is 0 Å². The van der Waals surface area contributed by atoms with E-state index in [2.05, 4.69) is 12.2 Å². The minimum absolute atomic E-state index is 0.00918. The number of hydrogen-bond acceptors (Lipinski definition) is 3. The van der Waals surface area contributed by atoms with Crippen LogP contribution in [0.15, 0.2) is 24.3 Å². The molecule has 2 rings (SSSR count). The van der Waals surface area contributed by atoms with Gasteiger partial charge in [-0.25, -0.2) is 0 Å². The smallest absolute Gasteiger partial charge is 0.223 e. The van der Waals surface area contributed by atoms with Crippen molar-refractivity contribution in [1.29, 1.82) is 0 Å². The van der Waals surface area contributed by atoms with Gasteiger partial charge in [-0.05, 0) is 43.9 Å². The van der Waals surface area contributed by atoms with E-state index in [0.29, 0.717) is 11.6 Å². The van der Waals surface area contributed by atoms with Crippen LogP contribution in [0.1, 0.15) is 51.2 Å². The second kappa shape index (κ2) is 8.67. The molecule has 0 radical (unpaired) electrons. The maximum atomic E-state index is 12.4. The Bertz CT molecular complexity index is 503. The maximum Gasteiger partial charge on any atom is 0.223 e. The first kappa shape index (κ1) is 18.2. The van der Waals surface area contributed by atoms with Gasteiger partial charge in [0.05, 0.1) is 18.2 Å². The van der Waals surface area contributed by atoms with Crippen LogP contribution in [0, 0.1) is 5.92 Å². The Morgan fingerprint density at radius 2 is 2.13 bits per heavy atom. The highest BCUT2D eigenvalue weighted by Crippen LogP contribution is 2.24. The molecule has 0 aliphatic carbocycles. The molecule has 1 amide bonds. The average molecular weight is 340 g/mol. The number of benzene rings is 1. The molecule has 1 aromatic carbocycles. The molecule has 1 saturated heterocycles. The lowest BCUT2D eigenvalue weighted by Crippen LogP contribution is -2.43. The molecule has 4 atom stereocenters. The number of carbonyl (C=O) groups is 1. The van der Waals surface area contributed by atoms with Gasteiger partial charge in [0.2, 0.25) is 5.91 Å². The van der Waals surface area contributed by atoms with Gasteiger partial charge < -0.3 is 15.2 Å². The van der Waals surface area contributed by atoms with Gasteiger partial charge in [-0.15, -0.1) is 0 Å². The summed E-state index contributed by atoms with van der Waals surface area (Å²) in [7, 11) is 0. The molecule has 1 aliphatic heterocycles. The Morgan fingerprint density at radius 1 is 1.43 bits per heavy atom. The summed E-state index contributed by atoms with van der Waals surface area (Å²) in [4.78, 5) is 12.4. The molecule has 128 valence electrons. The Hall–Kier alpha value is -1.10. The lowest BCUT2D eigenvalue weighted by Gasteiger charge is -2.30. The van der Waals surface area contributed by atoms with Crippen molar-refractivity contribution in [1.82, 2.24) is 5.32 Å². The number of ether oxygens (including phenoxy) is 1. The van der Waals surface area contributed by atoms with E-state index in [1.165, 1.54) is 0 Å². The highest BCUT2D eigenvalue weighted by atomic mass is 35.5.